The van der Waals surface area contributed by atoms with Crippen LogP contribution in [0.5, 0.6) is 0 Å². The molecule has 1 heterocycles. The number of nitrogens with zero attached hydrogens (tertiary/aromatic N) is 1. The second kappa shape index (κ2) is 7.15. The summed E-state index contributed by atoms with van der Waals surface area (Å²) < 4.78 is 26.4. The predicted molar refractivity (Wildman–Crippen MR) is 86.2 cm³/mol. The predicted octanol–water partition coefficient (Wildman–Crippen LogP) is 2.35. The van der Waals surface area contributed by atoms with E-state index in [1.165, 1.54) is 23.8 Å². The molecule has 6 heteroatoms. The van der Waals surface area contributed by atoms with Gasteiger partial charge in [-0.15, -0.1) is 0 Å². The van der Waals surface area contributed by atoms with E-state index < -0.39 is 17.2 Å². The molecular formula is C18H24F2N2O2. The van der Waals surface area contributed by atoms with Gasteiger partial charge in [0.2, 0.25) is 0 Å². The van der Waals surface area contributed by atoms with Crippen LogP contribution in [-0.2, 0) is 11.3 Å². The van der Waals surface area contributed by atoms with Crippen LogP contribution in [0.15, 0.2) is 18.2 Å². The average Bonchev–Trinajstić information content (AvgIpc) is 3.07. The van der Waals surface area contributed by atoms with Gasteiger partial charge in [0, 0.05) is 25.7 Å². The number of halogens is 2. The first-order valence-electron chi connectivity index (χ1n) is 8.67. The van der Waals surface area contributed by atoms with E-state index in [-0.39, 0.29) is 19.0 Å². The molecule has 0 unspecified atom stereocenters. The van der Waals surface area contributed by atoms with Crippen LogP contribution in [-0.4, -0.2) is 40.6 Å². The van der Waals surface area contributed by atoms with Crippen molar-refractivity contribution in [3.05, 3.63) is 35.4 Å². The molecule has 2 aliphatic rings. The van der Waals surface area contributed by atoms with E-state index >= 15 is 0 Å². The summed E-state index contributed by atoms with van der Waals surface area (Å²) in [5, 5.41) is 14.1. The second-order valence-electron chi connectivity index (χ2n) is 6.97. The van der Waals surface area contributed by atoms with Crippen molar-refractivity contribution < 1.29 is 18.7 Å². The van der Waals surface area contributed by atoms with Gasteiger partial charge in [-0.3, -0.25) is 4.79 Å². The number of piperidine rings is 1. The van der Waals surface area contributed by atoms with Crippen LogP contribution >= 0.6 is 0 Å². The van der Waals surface area contributed by atoms with E-state index in [0.717, 1.165) is 25.0 Å². The lowest BCUT2D eigenvalue weighted by Crippen LogP contribution is -2.58. The van der Waals surface area contributed by atoms with E-state index in [1.54, 1.807) is 0 Å². The molecule has 0 radical (unpaired) electrons. The topological polar surface area (TPSA) is 52.6 Å². The molecule has 0 spiro atoms. The van der Waals surface area contributed by atoms with Gasteiger partial charge < -0.3 is 15.3 Å². The van der Waals surface area contributed by atoms with Crippen LogP contribution in [0.1, 0.15) is 44.1 Å². The Morgan fingerprint density at radius 2 is 1.96 bits per heavy atom. The molecule has 2 N–H and O–H groups in total. The lowest BCUT2D eigenvalue weighted by atomic mass is 9.91. The van der Waals surface area contributed by atoms with Crippen LogP contribution in [0.25, 0.3) is 0 Å². The molecule has 1 aliphatic carbocycles. The number of rotatable bonds is 5. The molecule has 0 bridgehead atoms. The first kappa shape index (κ1) is 17.3. The van der Waals surface area contributed by atoms with Crippen LogP contribution < -0.4 is 5.32 Å². The second-order valence-corrected chi connectivity index (χ2v) is 6.97. The van der Waals surface area contributed by atoms with Crippen molar-refractivity contribution >= 4 is 5.91 Å². The highest BCUT2D eigenvalue weighted by Gasteiger charge is 2.42. The van der Waals surface area contributed by atoms with E-state index in [1.807, 2.05) is 0 Å². The molecule has 24 heavy (non-hydrogen) atoms. The van der Waals surface area contributed by atoms with Gasteiger partial charge in [-0.1, -0.05) is 18.9 Å². The van der Waals surface area contributed by atoms with E-state index in [9.17, 15) is 18.7 Å². The Hall–Kier alpha value is -1.53. The van der Waals surface area contributed by atoms with Crippen molar-refractivity contribution in [2.45, 2.75) is 56.7 Å². The third-order valence-electron chi connectivity index (χ3n) is 5.10. The minimum atomic E-state index is -1.40. The molecular weight excluding hydrogens is 314 g/mol. The highest BCUT2D eigenvalue weighted by Crippen LogP contribution is 2.25. The Labute approximate surface area is 140 Å². The maximum atomic E-state index is 13.3. The van der Waals surface area contributed by atoms with Crippen LogP contribution in [0.4, 0.5) is 8.78 Å². The SMILES string of the molecule is O=C1N(Cc2ccc(F)c(F)c2)CCC[C@@]1(O)CNC1CCCC1. The molecule has 2 fully saturated rings. The minimum absolute atomic E-state index is 0.182. The molecule has 1 aromatic carbocycles. The standard InChI is InChI=1S/C18H24F2N2O2/c19-15-7-6-13(10-16(15)20)11-22-9-3-8-18(24,17(22)23)12-21-14-4-1-2-5-14/h6-7,10,14,21,24H,1-5,8-9,11-12H2/t18-/m1/s1. The van der Waals surface area contributed by atoms with Gasteiger partial charge in [0.05, 0.1) is 0 Å². The van der Waals surface area contributed by atoms with Crippen molar-refractivity contribution in [3.63, 3.8) is 0 Å². The minimum Gasteiger partial charge on any atom is -0.379 e. The quantitative estimate of drug-likeness (QED) is 0.867. The normalized spacial score (nSPS) is 25.5. The average molecular weight is 338 g/mol. The van der Waals surface area contributed by atoms with Crippen LogP contribution in [0.2, 0.25) is 0 Å². The fourth-order valence-corrected chi connectivity index (χ4v) is 3.68. The van der Waals surface area contributed by atoms with Crippen molar-refractivity contribution in [1.82, 2.24) is 10.2 Å². The van der Waals surface area contributed by atoms with Crippen LogP contribution in [0.3, 0.4) is 0 Å². The first-order valence-corrected chi connectivity index (χ1v) is 8.67. The van der Waals surface area contributed by atoms with Crippen LogP contribution in [0, 0.1) is 11.6 Å². The molecule has 1 aromatic rings. The molecule has 1 saturated heterocycles. The number of nitrogens with one attached hydrogen (secondary N) is 1. The molecule has 1 atom stereocenters. The Morgan fingerprint density at radius 3 is 2.67 bits per heavy atom. The van der Waals surface area contributed by atoms with Gasteiger partial charge in [0.1, 0.15) is 0 Å². The molecule has 4 nitrogen and oxygen atoms in total. The van der Waals surface area contributed by atoms with Gasteiger partial charge >= 0.3 is 0 Å². The number of likely N-dealkylation sites (tertiary alicyclic amines) is 1. The Bertz CT molecular complexity index is 605. The number of benzene rings is 1. The van der Waals surface area contributed by atoms with E-state index in [2.05, 4.69) is 5.32 Å². The number of carbonyl (C=O) groups is 1. The number of carbonyl (C=O) groups excluding carboxylic acids is 1. The number of hydrogen-bond donors (Lipinski definition) is 2. The molecule has 1 saturated carbocycles. The van der Waals surface area contributed by atoms with Gasteiger partial charge in [-0.05, 0) is 43.4 Å². The molecule has 1 aliphatic heterocycles. The Balaban J connectivity index is 1.63. The van der Waals surface area contributed by atoms with Crippen molar-refractivity contribution in [2.75, 3.05) is 13.1 Å². The zero-order chi connectivity index (χ0) is 17.2. The summed E-state index contributed by atoms with van der Waals surface area (Å²) in [6.07, 6.45) is 5.67. The summed E-state index contributed by atoms with van der Waals surface area (Å²) in [6.45, 7) is 0.954. The lowest BCUT2D eigenvalue weighted by Gasteiger charge is -2.39. The van der Waals surface area contributed by atoms with Gasteiger partial charge in [0.25, 0.3) is 5.91 Å². The Kier molecular flexibility index (Phi) is 5.15. The molecule has 0 aromatic heterocycles. The largest absolute Gasteiger partial charge is 0.379 e. The van der Waals surface area contributed by atoms with Gasteiger partial charge in [0.15, 0.2) is 17.2 Å². The van der Waals surface area contributed by atoms with Crippen molar-refractivity contribution in [1.29, 1.82) is 0 Å². The summed E-state index contributed by atoms with van der Waals surface area (Å²) in [5.74, 6) is -2.15. The maximum absolute atomic E-state index is 13.3. The smallest absolute Gasteiger partial charge is 0.256 e. The maximum Gasteiger partial charge on any atom is 0.256 e. The summed E-state index contributed by atoms with van der Waals surface area (Å²) in [4.78, 5) is 14.2. The molecule has 1 amide bonds. The summed E-state index contributed by atoms with van der Waals surface area (Å²) in [6, 6.07) is 4.01. The summed E-state index contributed by atoms with van der Waals surface area (Å²) in [5.41, 5.74) is -0.880. The lowest BCUT2D eigenvalue weighted by molar-refractivity contribution is -0.157. The van der Waals surface area contributed by atoms with Crippen molar-refractivity contribution in [2.24, 2.45) is 0 Å². The third-order valence-corrected chi connectivity index (χ3v) is 5.10. The van der Waals surface area contributed by atoms with Crippen molar-refractivity contribution in [3.8, 4) is 0 Å². The highest BCUT2D eigenvalue weighted by atomic mass is 19.2. The zero-order valence-corrected chi connectivity index (χ0v) is 13.7. The monoisotopic (exact) mass is 338 g/mol. The van der Waals surface area contributed by atoms with Gasteiger partial charge in [-0.25, -0.2) is 8.78 Å². The Morgan fingerprint density at radius 1 is 1.21 bits per heavy atom. The van der Waals surface area contributed by atoms with Gasteiger partial charge in [-0.2, -0.15) is 0 Å². The highest BCUT2D eigenvalue weighted by molar-refractivity contribution is 5.86. The summed E-state index contributed by atoms with van der Waals surface area (Å²) >= 11 is 0. The zero-order valence-electron chi connectivity index (χ0n) is 13.7. The van der Waals surface area contributed by atoms with E-state index in [4.69, 9.17) is 0 Å². The number of aliphatic hydroxyl groups is 1. The fourth-order valence-electron chi connectivity index (χ4n) is 3.68. The third kappa shape index (κ3) is 3.75. The number of hydrogen-bond acceptors (Lipinski definition) is 3. The number of amides is 1. The molecule has 132 valence electrons. The fraction of sp³-hybridized carbons (Fsp3) is 0.611. The molecule has 3 rings (SSSR count). The first-order chi connectivity index (χ1) is 11.5. The van der Waals surface area contributed by atoms with E-state index in [0.29, 0.717) is 31.0 Å². The summed E-state index contributed by atoms with van der Waals surface area (Å²) in [7, 11) is 0.